The molecule has 0 saturated carbocycles. The lowest BCUT2D eigenvalue weighted by Gasteiger charge is -2.26. The highest BCUT2D eigenvalue weighted by atomic mass is 16.7. The van der Waals surface area contributed by atoms with Crippen molar-refractivity contribution in [2.24, 2.45) is 0 Å². The minimum atomic E-state index is -0.0209. The van der Waals surface area contributed by atoms with E-state index < -0.39 is 0 Å². The Hall–Kier alpha value is -3.55. The fourth-order valence-corrected chi connectivity index (χ4v) is 3.12. The van der Waals surface area contributed by atoms with Crippen LogP contribution in [-0.4, -0.2) is 41.2 Å². The molecule has 0 spiro atoms. The first-order valence-corrected chi connectivity index (χ1v) is 9.07. The first-order valence-electron chi connectivity index (χ1n) is 9.07. The van der Waals surface area contributed by atoms with E-state index >= 15 is 0 Å². The molecule has 8 heteroatoms. The molecular weight excluding hydrogens is 360 g/mol. The number of fused-ring (bicyclic) bond motifs is 2. The van der Waals surface area contributed by atoms with Gasteiger partial charge in [0.2, 0.25) is 12.7 Å². The van der Waals surface area contributed by atoms with Gasteiger partial charge in [0, 0.05) is 18.5 Å². The number of aromatic nitrogens is 3. The van der Waals surface area contributed by atoms with Crippen molar-refractivity contribution in [3.63, 3.8) is 0 Å². The van der Waals surface area contributed by atoms with Gasteiger partial charge in [-0.25, -0.2) is 4.98 Å². The van der Waals surface area contributed by atoms with Crippen LogP contribution in [-0.2, 0) is 0 Å². The van der Waals surface area contributed by atoms with Gasteiger partial charge in [0.05, 0.1) is 11.9 Å². The smallest absolute Gasteiger partial charge is 0.243 e. The highest BCUT2D eigenvalue weighted by Crippen LogP contribution is 2.35. The summed E-state index contributed by atoms with van der Waals surface area (Å²) in [5.41, 5.74) is 1.60. The molecule has 8 nitrogen and oxygen atoms in total. The van der Waals surface area contributed by atoms with E-state index in [1.807, 2.05) is 42.5 Å². The van der Waals surface area contributed by atoms with Gasteiger partial charge >= 0.3 is 0 Å². The Kier molecular flexibility index (Phi) is 4.29. The van der Waals surface area contributed by atoms with Gasteiger partial charge in [-0.1, -0.05) is 12.1 Å². The molecule has 1 atom stereocenters. The predicted molar refractivity (Wildman–Crippen MR) is 101 cm³/mol. The number of nitrogens with one attached hydrogen (secondary N) is 1. The molecule has 0 radical (unpaired) electrons. The lowest BCUT2D eigenvalue weighted by molar-refractivity contribution is 0.0873. The Morgan fingerprint density at radius 3 is 2.79 bits per heavy atom. The van der Waals surface area contributed by atoms with Crippen molar-refractivity contribution in [1.82, 2.24) is 15.2 Å². The van der Waals surface area contributed by atoms with Crippen LogP contribution in [0, 0.1) is 0 Å². The SMILES string of the molecule is c1ccc2c(c1)OC[C@H](CCNc1nncc(-c3ccc4c(c3)OCO4)n1)O2. The Bertz CT molecular complexity index is 997. The molecule has 2 aliphatic heterocycles. The molecule has 1 aromatic heterocycles. The van der Waals surface area contributed by atoms with Gasteiger partial charge in [0.25, 0.3) is 0 Å². The molecule has 0 aliphatic carbocycles. The maximum atomic E-state index is 5.96. The fourth-order valence-electron chi connectivity index (χ4n) is 3.12. The summed E-state index contributed by atoms with van der Waals surface area (Å²) in [7, 11) is 0. The third-order valence-corrected chi connectivity index (χ3v) is 4.54. The number of para-hydroxylation sites is 2. The highest BCUT2D eigenvalue weighted by Gasteiger charge is 2.20. The van der Waals surface area contributed by atoms with Gasteiger partial charge in [0.1, 0.15) is 12.7 Å². The normalized spacial score (nSPS) is 16.6. The number of hydrogen-bond donors (Lipinski definition) is 1. The molecule has 3 heterocycles. The van der Waals surface area contributed by atoms with E-state index in [4.69, 9.17) is 18.9 Å². The molecular formula is C20H18N4O4. The molecule has 2 aliphatic rings. The van der Waals surface area contributed by atoms with Crippen molar-refractivity contribution in [3.8, 4) is 34.3 Å². The van der Waals surface area contributed by atoms with Crippen molar-refractivity contribution >= 4 is 5.95 Å². The first-order chi connectivity index (χ1) is 13.8. The van der Waals surface area contributed by atoms with Gasteiger partial charge in [-0.05, 0) is 30.3 Å². The molecule has 1 N–H and O–H groups in total. The van der Waals surface area contributed by atoms with Crippen molar-refractivity contribution in [2.75, 3.05) is 25.3 Å². The van der Waals surface area contributed by atoms with Crippen LogP contribution in [0.1, 0.15) is 6.42 Å². The van der Waals surface area contributed by atoms with E-state index in [1.54, 1.807) is 6.20 Å². The lowest BCUT2D eigenvalue weighted by Crippen LogP contribution is -2.31. The molecule has 5 rings (SSSR count). The number of hydrogen-bond acceptors (Lipinski definition) is 8. The number of anilines is 1. The van der Waals surface area contributed by atoms with Crippen LogP contribution in [0.25, 0.3) is 11.3 Å². The lowest BCUT2D eigenvalue weighted by atomic mass is 10.1. The Balaban J connectivity index is 1.21. The summed E-state index contributed by atoms with van der Waals surface area (Å²) in [6.07, 6.45) is 2.36. The van der Waals surface area contributed by atoms with Crippen LogP contribution < -0.4 is 24.3 Å². The van der Waals surface area contributed by atoms with Crippen LogP contribution in [0.3, 0.4) is 0 Å². The van der Waals surface area contributed by atoms with Gasteiger partial charge in [-0.2, -0.15) is 5.10 Å². The van der Waals surface area contributed by atoms with Gasteiger partial charge < -0.3 is 24.3 Å². The molecule has 0 amide bonds. The van der Waals surface area contributed by atoms with E-state index in [0.29, 0.717) is 30.5 Å². The van der Waals surface area contributed by atoms with Gasteiger partial charge in [0.15, 0.2) is 23.0 Å². The Morgan fingerprint density at radius 1 is 0.964 bits per heavy atom. The number of benzene rings is 2. The number of rotatable bonds is 5. The van der Waals surface area contributed by atoms with Crippen LogP contribution in [0.4, 0.5) is 5.95 Å². The van der Waals surface area contributed by atoms with Crippen molar-refractivity contribution in [3.05, 3.63) is 48.7 Å². The van der Waals surface area contributed by atoms with Crippen LogP contribution in [0.15, 0.2) is 48.7 Å². The summed E-state index contributed by atoms with van der Waals surface area (Å²) in [6, 6.07) is 13.4. The topological polar surface area (TPSA) is 87.6 Å². The standard InChI is InChI=1S/C20H18N4O4/c1-2-4-18-16(3-1)25-11-14(28-18)7-8-21-20-23-15(10-22-24-20)13-5-6-17-19(9-13)27-12-26-17/h1-6,9-10,14H,7-8,11-12H2,(H,21,23,24)/t14-/m0/s1. The van der Waals surface area contributed by atoms with E-state index in [9.17, 15) is 0 Å². The average Bonchev–Trinajstić information content (AvgIpc) is 3.22. The van der Waals surface area contributed by atoms with Crippen LogP contribution in [0.2, 0.25) is 0 Å². The zero-order valence-corrected chi connectivity index (χ0v) is 15.0. The van der Waals surface area contributed by atoms with Crippen LogP contribution >= 0.6 is 0 Å². The summed E-state index contributed by atoms with van der Waals surface area (Å²) in [6.45, 7) is 1.41. The third kappa shape index (κ3) is 3.36. The summed E-state index contributed by atoms with van der Waals surface area (Å²) < 4.78 is 22.5. The van der Waals surface area contributed by atoms with E-state index in [0.717, 1.165) is 29.2 Å². The summed E-state index contributed by atoms with van der Waals surface area (Å²) in [4.78, 5) is 4.53. The molecule has 142 valence electrons. The maximum Gasteiger partial charge on any atom is 0.243 e. The van der Waals surface area contributed by atoms with Gasteiger partial charge in [-0.15, -0.1) is 5.10 Å². The fraction of sp³-hybridized carbons (Fsp3) is 0.250. The molecule has 2 aromatic carbocycles. The molecule has 3 aromatic rings. The molecule has 0 unspecified atom stereocenters. The van der Waals surface area contributed by atoms with Crippen molar-refractivity contribution < 1.29 is 18.9 Å². The average molecular weight is 378 g/mol. The predicted octanol–water partition coefficient (Wildman–Crippen LogP) is 2.91. The second kappa shape index (κ2) is 7.22. The van der Waals surface area contributed by atoms with E-state index in [-0.39, 0.29) is 12.9 Å². The molecule has 0 bridgehead atoms. The minimum absolute atomic E-state index is 0.0209. The van der Waals surface area contributed by atoms with Crippen LogP contribution in [0.5, 0.6) is 23.0 Å². The largest absolute Gasteiger partial charge is 0.486 e. The van der Waals surface area contributed by atoms with E-state index in [2.05, 4.69) is 20.5 Å². The molecule has 0 fully saturated rings. The van der Waals surface area contributed by atoms with Crippen molar-refractivity contribution in [1.29, 1.82) is 0 Å². The Morgan fingerprint density at radius 2 is 1.82 bits per heavy atom. The maximum absolute atomic E-state index is 5.96. The number of nitrogens with zero attached hydrogens (tertiary/aromatic N) is 3. The van der Waals surface area contributed by atoms with Gasteiger partial charge in [-0.3, -0.25) is 0 Å². The molecule has 28 heavy (non-hydrogen) atoms. The summed E-state index contributed by atoms with van der Waals surface area (Å²) in [5.74, 6) is 3.48. The van der Waals surface area contributed by atoms with Crippen molar-refractivity contribution in [2.45, 2.75) is 12.5 Å². The van der Waals surface area contributed by atoms with E-state index in [1.165, 1.54) is 0 Å². The quantitative estimate of drug-likeness (QED) is 0.725. The Labute approximate surface area is 161 Å². The minimum Gasteiger partial charge on any atom is -0.486 e. The summed E-state index contributed by atoms with van der Waals surface area (Å²) in [5, 5.41) is 11.3. The third-order valence-electron chi connectivity index (χ3n) is 4.54. The zero-order valence-electron chi connectivity index (χ0n) is 15.0. The monoisotopic (exact) mass is 378 g/mol. The number of ether oxygens (including phenoxy) is 4. The first kappa shape index (κ1) is 16.6. The molecule has 0 saturated heterocycles. The highest BCUT2D eigenvalue weighted by molar-refractivity contribution is 5.64. The second-order valence-electron chi connectivity index (χ2n) is 6.45. The zero-order chi connectivity index (χ0) is 18.8. The second-order valence-corrected chi connectivity index (χ2v) is 6.45. The summed E-state index contributed by atoms with van der Waals surface area (Å²) >= 11 is 0.